The summed E-state index contributed by atoms with van der Waals surface area (Å²) in [5.74, 6) is 1.17. The number of sulfone groups is 1. The summed E-state index contributed by atoms with van der Waals surface area (Å²) in [6.07, 6.45) is 1.54. The highest BCUT2D eigenvalue weighted by Gasteiger charge is 2.24. The number of hydrogen-bond donors (Lipinski definition) is 0. The summed E-state index contributed by atoms with van der Waals surface area (Å²) in [6.45, 7) is 0.950. The second-order valence-electron chi connectivity index (χ2n) is 5.67. The molecule has 0 atom stereocenters. The minimum Gasteiger partial charge on any atom is -0.353 e. The van der Waals surface area contributed by atoms with E-state index in [1.54, 1.807) is 17.7 Å². The van der Waals surface area contributed by atoms with Crippen LogP contribution in [0.3, 0.4) is 0 Å². The minimum absolute atomic E-state index is 0.175. The van der Waals surface area contributed by atoms with E-state index < -0.39 is 9.84 Å². The summed E-state index contributed by atoms with van der Waals surface area (Å²) < 4.78 is 24.3. The van der Waals surface area contributed by atoms with Crippen molar-refractivity contribution in [2.45, 2.75) is 0 Å². The number of aromatic nitrogens is 2. The average molecular weight is 380 g/mol. The van der Waals surface area contributed by atoms with Crippen LogP contribution in [0.5, 0.6) is 0 Å². The molecule has 0 bridgehead atoms. The molecular formula is C16H14ClN3O2S2. The lowest BCUT2D eigenvalue weighted by atomic mass is 10.2. The number of hydrogen-bond acceptors (Lipinski definition) is 6. The zero-order chi connectivity index (χ0) is 16.7. The van der Waals surface area contributed by atoms with E-state index in [0.717, 1.165) is 26.5 Å². The fourth-order valence-corrected chi connectivity index (χ4v) is 5.21. The van der Waals surface area contributed by atoms with Crippen molar-refractivity contribution in [1.29, 1.82) is 0 Å². The zero-order valence-corrected chi connectivity index (χ0v) is 15.0. The molecule has 1 aliphatic rings. The molecule has 0 unspecified atom stereocenters. The molecule has 2 aromatic heterocycles. The van der Waals surface area contributed by atoms with Gasteiger partial charge < -0.3 is 4.90 Å². The van der Waals surface area contributed by atoms with Crippen molar-refractivity contribution in [3.63, 3.8) is 0 Å². The predicted octanol–water partition coefficient (Wildman–Crippen LogP) is 3.25. The van der Waals surface area contributed by atoms with Crippen molar-refractivity contribution >= 4 is 48.8 Å². The molecule has 8 heteroatoms. The Kier molecular flexibility index (Phi) is 3.94. The number of anilines is 1. The second kappa shape index (κ2) is 5.98. The third kappa shape index (κ3) is 2.99. The van der Waals surface area contributed by atoms with Crippen LogP contribution < -0.4 is 4.90 Å². The number of rotatable bonds is 2. The van der Waals surface area contributed by atoms with E-state index in [-0.39, 0.29) is 11.5 Å². The smallest absolute Gasteiger partial charge is 0.153 e. The Balaban J connectivity index is 1.74. The molecule has 24 heavy (non-hydrogen) atoms. The van der Waals surface area contributed by atoms with Crippen molar-refractivity contribution < 1.29 is 8.42 Å². The molecule has 0 spiro atoms. The Labute approximate surface area is 148 Å². The molecular weight excluding hydrogens is 366 g/mol. The van der Waals surface area contributed by atoms with Gasteiger partial charge in [0.25, 0.3) is 0 Å². The summed E-state index contributed by atoms with van der Waals surface area (Å²) >= 11 is 7.57. The number of halogens is 1. The number of benzene rings is 1. The van der Waals surface area contributed by atoms with Crippen molar-refractivity contribution in [2.75, 3.05) is 29.5 Å². The summed E-state index contributed by atoms with van der Waals surface area (Å²) in [5, 5.41) is 0.704. The van der Waals surface area contributed by atoms with Gasteiger partial charge in [0.15, 0.2) is 9.84 Å². The van der Waals surface area contributed by atoms with Crippen molar-refractivity contribution in [3.05, 3.63) is 41.7 Å². The molecule has 1 fully saturated rings. The molecule has 3 heterocycles. The van der Waals surface area contributed by atoms with Crippen LogP contribution in [0.1, 0.15) is 0 Å². The fourth-order valence-electron chi connectivity index (χ4n) is 2.75. The van der Waals surface area contributed by atoms with E-state index >= 15 is 0 Å². The molecule has 5 nitrogen and oxygen atoms in total. The number of nitrogens with zero attached hydrogens (tertiary/aromatic N) is 3. The molecule has 0 amide bonds. The molecule has 1 aliphatic heterocycles. The van der Waals surface area contributed by atoms with Gasteiger partial charge in [-0.2, -0.15) is 0 Å². The molecule has 0 saturated carbocycles. The maximum atomic E-state index is 11.6. The summed E-state index contributed by atoms with van der Waals surface area (Å²) in [6, 6.07) is 9.73. The van der Waals surface area contributed by atoms with Crippen LogP contribution in [-0.2, 0) is 9.84 Å². The van der Waals surface area contributed by atoms with Crippen LogP contribution in [0, 0.1) is 0 Å². The Morgan fingerprint density at radius 2 is 1.79 bits per heavy atom. The Morgan fingerprint density at radius 1 is 1.08 bits per heavy atom. The monoisotopic (exact) mass is 379 g/mol. The van der Waals surface area contributed by atoms with Gasteiger partial charge in [-0.15, -0.1) is 11.3 Å². The van der Waals surface area contributed by atoms with Crippen molar-refractivity contribution in [2.24, 2.45) is 0 Å². The average Bonchev–Trinajstić information content (AvgIpc) is 3.00. The largest absolute Gasteiger partial charge is 0.353 e. The van der Waals surface area contributed by atoms with Gasteiger partial charge in [0.05, 0.1) is 21.7 Å². The van der Waals surface area contributed by atoms with Crippen LogP contribution in [0.4, 0.5) is 5.82 Å². The van der Waals surface area contributed by atoms with Crippen LogP contribution >= 0.6 is 22.9 Å². The maximum Gasteiger partial charge on any atom is 0.153 e. The Hall–Kier alpha value is -1.70. The zero-order valence-electron chi connectivity index (χ0n) is 12.6. The van der Waals surface area contributed by atoms with E-state index in [2.05, 4.69) is 9.97 Å². The minimum atomic E-state index is -2.91. The Morgan fingerprint density at radius 3 is 2.50 bits per heavy atom. The molecule has 0 aliphatic carbocycles. The molecule has 124 valence electrons. The molecule has 1 saturated heterocycles. The van der Waals surface area contributed by atoms with E-state index in [1.165, 1.54) is 0 Å². The van der Waals surface area contributed by atoms with E-state index in [4.69, 9.17) is 11.6 Å². The van der Waals surface area contributed by atoms with Gasteiger partial charge in [-0.05, 0) is 23.8 Å². The van der Waals surface area contributed by atoms with Gasteiger partial charge in [-0.1, -0.05) is 23.7 Å². The van der Waals surface area contributed by atoms with E-state index in [9.17, 15) is 8.42 Å². The highest BCUT2D eigenvalue weighted by Crippen LogP contribution is 2.37. The summed E-state index contributed by atoms with van der Waals surface area (Å²) in [7, 11) is -2.91. The van der Waals surface area contributed by atoms with Crippen molar-refractivity contribution in [1.82, 2.24) is 9.97 Å². The normalized spacial score (nSPS) is 17.3. The highest BCUT2D eigenvalue weighted by atomic mass is 35.5. The first-order chi connectivity index (χ1) is 11.5. The fraction of sp³-hybridized carbons (Fsp3) is 0.250. The van der Waals surface area contributed by atoms with Gasteiger partial charge in [0.1, 0.15) is 12.1 Å². The molecule has 3 aromatic rings. The molecule has 0 radical (unpaired) electrons. The van der Waals surface area contributed by atoms with Crippen LogP contribution in [0.15, 0.2) is 36.7 Å². The lowest BCUT2D eigenvalue weighted by Gasteiger charge is -2.27. The third-order valence-electron chi connectivity index (χ3n) is 4.07. The quantitative estimate of drug-likeness (QED) is 0.684. The van der Waals surface area contributed by atoms with Crippen LogP contribution in [-0.4, -0.2) is 43.0 Å². The van der Waals surface area contributed by atoms with Gasteiger partial charge in [0.2, 0.25) is 0 Å². The maximum absolute atomic E-state index is 11.6. The van der Waals surface area contributed by atoms with Gasteiger partial charge in [-0.3, -0.25) is 0 Å². The number of fused-ring (bicyclic) bond motifs is 1. The predicted molar refractivity (Wildman–Crippen MR) is 98.7 cm³/mol. The van der Waals surface area contributed by atoms with Gasteiger partial charge in [0, 0.05) is 23.0 Å². The lowest BCUT2D eigenvalue weighted by Crippen LogP contribution is -2.40. The lowest BCUT2D eigenvalue weighted by molar-refractivity contribution is 0.586. The van der Waals surface area contributed by atoms with Crippen molar-refractivity contribution in [3.8, 4) is 10.4 Å². The van der Waals surface area contributed by atoms with Crippen LogP contribution in [0.2, 0.25) is 5.02 Å². The first kappa shape index (κ1) is 15.8. The standard InChI is InChI=1S/C16H14ClN3O2S2/c17-12-3-1-11(2-4-12)14-9-13-15(23-14)16(19-10-18-13)20-5-7-24(21,22)8-6-20/h1-4,9-10H,5-8H2. The highest BCUT2D eigenvalue weighted by molar-refractivity contribution is 7.91. The SMILES string of the molecule is O=S1(=O)CCN(c2ncnc3cc(-c4ccc(Cl)cc4)sc23)CC1. The van der Waals surface area contributed by atoms with E-state index in [0.29, 0.717) is 18.1 Å². The summed E-state index contributed by atoms with van der Waals surface area (Å²) in [5.41, 5.74) is 1.96. The van der Waals surface area contributed by atoms with E-state index in [1.807, 2.05) is 35.2 Å². The third-order valence-corrected chi connectivity index (χ3v) is 7.10. The van der Waals surface area contributed by atoms with Gasteiger partial charge >= 0.3 is 0 Å². The topological polar surface area (TPSA) is 63.2 Å². The Bertz CT molecular complexity index is 986. The number of thiophene rings is 1. The molecule has 1 aromatic carbocycles. The summed E-state index contributed by atoms with van der Waals surface area (Å²) in [4.78, 5) is 11.9. The second-order valence-corrected chi connectivity index (χ2v) is 9.46. The first-order valence-electron chi connectivity index (χ1n) is 7.48. The van der Waals surface area contributed by atoms with Crippen LogP contribution in [0.25, 0.3) is 20.7 Å². The van der Waals surface area contributed by atoms with Gasteiger partial charge in [-0.25, -0.2) is 18.4 Å². The first-order valence-corrected chi connectivity index (χ1v) is 10.5. The molecule has 4 rings (SSSR count). The molecule has 0 N–H and O–H groups in total.